The highest BCUT2D eigenvalue weighted by atomic mass is 16.4. The Hall–Kier alpha value is -10.0. The number of carbonyl (C=O) groups excluding carboxylic acids is 6. The molecule has 0 saturated carbocycles. The Labute approximate surface area is 565 Å². The molecule has 0 aromatic heterocycles. The fourth-order valence-corrected chi connectivity index (χ4v) is 10.8. The normalized spacial score (nSPS) is 14.9. The van der Waals surface area contributed by atoms with Crippen molar-refractivity contribution in [1.29, 1.82) is 0 Å². The minimum absolute atomic E-state index is 0.0825. The maximum atomic E-state index is 14.4. The van der Waals surface area contributed by atoms with Crippen LogP contribution < -0.4 is 54.0 Å². The molecular formula is C69H93N15O13. The predicted molar refractivity (Wildman–Crippen MR) is 367 cm³/mol. The minimum Gasteiger partial charge on any atom is -0.508 e. The highest BCUT2D eigenvalue weighted by Crippen LogP contribution is 2.27. The number of aromatic hydroxyl groups is 1. The lowest BCUT2D eigenvalue weighted by atomic mass is 9.90. The van der Waals surface area contributed by atoms with E-state index in [1.807, 2.05) is 109 Å². The van der Waals surface area contributed by atoms with E-state index in [1.54, 1.807) is 38.7 Å². The number of phenols is 1. The lowest BCUT2D eigenvalue weighted by Crippen LogP contribution is -2.53. The Kier molecular flexibility index (Phi) is 32.2. The number of carboxylic acid groups (broad SMARTS) is 3. The maximum absolute atomic E-state index is 14.4. The van der Waals surface area contributed by atoms with Gasteiger partial charge in [-0.3, -0.25) is 68.3 Å². The van der Waals surface area contributed by atoms with Crippen molar-refractivity contribution in [3.63, 3.8) is 0 Å². The van der Waals surface area contributed by atoms with Crippen molar-refractivity contribution in [2.75, 3.05) is 117 Å². The second-order valence-corrected chi connectivity index (χ2v) is 23.6. The number of carbonyl (C=O) groups is 9. The number of urea groups is 1. The van der Waals surface area contributed by atoms with E-state index in [9.17, 15) is 63.6 Å². The van der Waals surface area contributed by atoms with Gasteiger partial charge in [0.15, 0.2) is 5.96 Å². The van der Waals surface area contributed by atoms with Crippen LogP contribution in [-0.2, 0) is 51.3 Å². The summed E-state index contributed by atoms with van der Waals surface area (Å²) in [4.78, 5) is 128. The Morgan fingerprint density at radius 2 is 1.01 bits per heavy atom. The summed E-state index contributed by atoms with van der Waals surface area (Å²) in [5.41, 5.74) is 17.8. The first-order valence-electron chi connectivity index (χ1n) is 32.6. The van der Waals surface area contributed by atoms with Crippen molar-refractivity contribution >= 4 is 65.1 Å². The molecule has 1 fully saturated rings. The molecule has 1 aliphatic rings. The van der Waals surface area contributed by atoms with Crippen LogP contribution in [0.3, 0.4) is 0 Å². The molecule has 1 saturated heterocycles. The molecule has 1 aliphatic heterocycles. The van der Waals surface area contributed by atoms with E-state index in [4.69, 9.17) is 11.5 Å². The van der Waals surface area contributed by atoms with E-state index < -0.39 is 71.6 Å². The van der Waals surface area contributed by atoms with Crippen LogP contribution in [0.4, 0.5) is 10.5 Å². The number of amides is 7. The van der Waals surface area contributed by atoms with Crippen LogP contribution in [0.5, 0.6) is 5.75 Å². The van der Waals surface area contributed by atoms with Crippen molar-refractivity contribution in [3.05, 3.63) is 156 Å². The van der Waals surface area contributed by atoms with Gasteiger partial charge in [0.25, 0.3) is 0 Å². The number of nitrogens with two attached hydrogens (primary N) is 2. The average molecular weight is 1340 g/mol. The number of guanidine groups is 1. The molecule has 0 spiro atoms. The van der Waals surface area contributed by atoms with Gasteiger partial charge in [0.1, 0.15) is 17.8 Å². The van der Waals surface area contributed by atoms with Gasteiger partial charge in [-0.05, 0) is 96.7 Å². The van der Waals surface area contributed by atoms with Crippen molar-refractivity contribution in [2.24, 2.45) is 16.5 Å². The van der Waals surface area contributed by atoms with E-state index in [0.29, 0.717) is 50.0 Å². The largest absolute Gasteiger partial charge is 0.508 e. The molecule has 28 nitrogen and oxygen atoms in total. The first kappa shape index (κ1) is 76.0. The second kappa shape index (κ2) is 41.1. The highest BCUT2D eigenvalue weighted by molar-refractivity contribution is 5.95. The maximum Gasteiger partial charge on any atom is 0.321 e. The van der Waals surface area contributed by atoms with Gasteiger partial charge in [-0.1, -0.05) is 109 Å². The summed E-state index contributed by atoms with van der Waals surface area (Å²) >= 11 is 0. The molecule has 7 amide bonds. The summed E-state index contributed by atoms with van der Waals surface area (Å²) in [6.45, 7) is 3.90. The predicted octanol–water partition coefficient (Wildman–Crippen LogP) is 1.75. The third-order valence-electron chi connectivity index (χ3n) is 16.0. The Balaban J connectivity index is 1.00. The van der Waals surface area contributed by atoms with Crippen molar-refractivity contribution in [3.8, 4) is 16.9 Å². The zero-order valence-corrected chi connectivity index (χ0v) is 54.8. The summed E-state index contributed by atoms with van der Waals surface area (Å²) in [7, 11) is 0. The van der Waals surface area contributed by atoms with Gasteiger partial charge in [0, 0.05) is 104 Å². The van der Waals surface area contributed by atoms with Gasteiger partial charge < -0.3 is 69.1 Å². The van der Waals surface area contributed by atoms with Gasteiger partial charge >= 0.3 is 23.9 Å². The molecule has 97 heavy (non-hydrogen) atoms. The van der Waals surface area contributed by atoms with Gasteiger partial charge in [-0.25, -0.2) is 4.79 Å². The van der Waals surface area contributed by atoms with Gasteiger partial charge in [0.2, 0.25) is 29.5 Å². The third kappa shape index (κ3) is 28.5. The highest BCUT2D eigenvalue weighted by Gasteiger charge is 2.29. The summed E-state index contributed by atoms with van der Waals surface area (Å²) < 4.78 is 0. The van der Waals surface area contributed by atoms with Crippen LogP contribution in [0.1, 0.15) is 67.2 Å². The standard InChI is InChI=1S/C69H93N15O13/c1-2-72-69(97)80-68(71)76-31-10-17-57(65(94)77-43-49-20-28-55(85)29-21-49)79-67(96)63(52-14-7-4-8-15-52)53-24-26-54(27-25-53)73-32-11-33-74-64(93)56(70)16-9-30-75-66(95)58(42-48-18-22-51(23-19-48)50-12-5-3-6-13-50)78-59(86)44-81-34-36-82(45-60(87)88)38-40-84(47-62(91)92)41-39-83(37-35-81)46-61(89)90/h3-8,12-15,18-29,56-58,63,73,85H,2,9-11,16-17,30-47,70H2,1H3,(H,74,93)(H,75,95)(H,77,94)(H,78,86)(H,79,96)(H,87,88)(H,89,90)(H,91,92)(H4,71,72,76,80,97)/t56-,57-,58-,63-/m1/s1. The quantitative estimate of drug-likeness (QED) is 0.0156. The molecule has 0 aliphatic carbocycles. The Morgan fingerprint density at radius 1 is 0.505 bits per heavy atom. The van der Waals surface area contributed by atoms with Crippen LogP contribution in [0, 0.1) is 0 Å². The van der Waals surface area contributed by atoms with Crippen LogP contribution in [0.2, 0.25) is 0 Å². The molecule has 28 heteroatoms. The average Bonchev–Trinajstić information content (AvgIpc) is 0.858. The fraction of sp³-hybridized carbons (Fsp3) is 0.420. The van der Waals surface area contributed by atoms with E-state index in [2.05, 4.69) is 47.5 Å². The molecule has 522 valence electrons. The monoisotopic (exact) mass is 1340 g/mol. The van der Waals surface area contributed by atoms with Gasteiger partial charge in [0.05, 0.1) is 38.1 Å². The number of hydrogen-bond acceptors (Lipinski definition) is 17. The summed E-state index contributed by atoms with van der Waals surface area (Å²) in [6, 6.07) is 36.9. The number of hydrogen-bond donors (Lipinski definition) is 14. The van der Waals surface area contributed by atoms with E-state index >= 15 is 0 Å². The molecule has 0 bridgehead atoms. The molecule has 1 heterocycles. The number of aliphatic imine (C=N–C) groups is 1. The number of carboxylic acids is 3. The van der Waals surface area contributed by atoms with E-state index in [1.165, 1.54) is 12.1 Å². The van der Waals surface area contributed by atoms with Crippen LogP contribution in [-0.4, -0.2) is 229 Å². The number of benzene rings is 5. The number of anilines is 1. The smallest absolute Gasteiger partial charge is 0.321 e. The number of nitrogens with zero attached hydrogens (tertiary/aromatic N) is 5. The third-order valence-corrected chi connectivity index (χ3v) is 16.0. The summed E-state index contributed by atoms with van der Waals surface area (Å²) in [6.07, 6.45) is 1.75. The second-order valence-electron chi connectivity index (χ2n) is 23.6. The number of aliphatic carboxylic acids is 3. The molecule has 0 radical (unpaired) electrons. The van der Waals surface area contributed by atoms with E-state index in [0.717, 1.165) is 27.9 Å². The van der Waals surface area contributed by atoms with Gasteiger partial charge in [-0.15, -0.1) is 0 Å². The lowest BCUT2D eigenvalue weighted by molar-refractivity contribution is -0.140. The molecule has 5 aromatic carbocycles. The number of phenolic OH excluding ortho intramolecular Hbond substituents is 1. The summed E-state index contributed by atoms with van der Waals surface area (Å²) in [5.74, 6) is -6.22. The zero-order chi connectivity index (χ0) is 69.9. The number of rotatable bonds is 35. The van der Waals surface area contributed by atoms with Crippen molar-refractivity contribution in [2.45, 2.75) is 76.0 Å². The van der Waals surface area contributed by atoms with Crippen LogP contribution in [0.25, 0.3) is 11.1 Å². The molecular weight excluding hydrogens is 1250 g/mol. The zero-order valence-electron chi connectivity index (χ0n) is 54.8. The van der Waals surface area contributed by atoms with Crippen molar-refractivity contribution in [1.82, 2.24) is 56.8 Å². The molecule has 5 aromatic rings. The molecule has 6 rings (SSSR count). The van der Waals surface area contributed by atoms with E-state index in [-0.39, 0.29) is 135 Å². The SMILES string of the molecule is CCNC(=O)NC(N)=NCCC[C@@H](NC(=O)[C@H](c1ccccc1)c1ccc(NCCCNC(=O)[C@H](N)CCCNC(=O)[C@@H](Cc2ccc(-c3ccccc3)cc2)NC(=O)CN2CCN(CC(=O)O)CCN(CC(=O)O)CCN(CC(=O)O)CC2)cc1)C(=O)NCc1ccc(O)cc1. The molecule has 4 atom stereocenters. The number of nitrogens with one attached hydrogen (secondary N) is 8. The van der Waals surface area contributed by atoms with Crippen LogP contribution in [0.15, 0.2) is 138 Å². The Morgan fingerprint density at radius 3 is 1.58 bits per heavy atom. The fourth-order valence-electron chi connectivity index (χ4n) is 10.8. The van der Waals surface area contributed by atoms with Gasteiger partial charge in [-0.2, -0.15) is 0 Å². The van der Waals surface area contributed by atoms with Crippen LogP contribution >= 0.6 is 0 Å². The first-order valence-corrected chi connectivity index (χ1v) is 32.6. The Bertz CT molecular complexity index is 3320. The summed E-state index contributed by atoms with van der Waals surface area (Å²) in [5, 5.41) is 61.6. The molecule has 0 unspecified atom stereocenters. The first-order chi connectivity index (χ1) is 46.7. The molecule has 16 N–H and O–H groups in total. The topological polar surface area (TPSA) is 408 Å². The van der Waals surface area contributed by atoms with Crippen molar-refractivity contribution < 1.29 is 63.6 Å². The minimum atomic E-state index is -1.08. The lowest BCUT2D eigenvalue weighted by Gasteiger charge is -2.33.